The summed E-state index contributed by atoms with van der Waals surface area (Å²) in [6.45, 7) is 0. The molecule has 6 rings (SSSR count). The van der Waals surface area contributed by atoms with Crippen LogP contribution in [0.2, 0.25) is 5.02 Å². The minimum absolute atomic E-state index is 0.0508. The van der Waals surface area contributed by atoms with Crippen molar-refractivity contribution in [1.82, 2.24) is 0 Å². The number of ketones is 1. The molecule has 1 aliphatic heterocycles. The number of carbonyl (C=O) groups excluding carboxylic acids is 1. The van der Waals surface area contributed by atoms with Crippen LogP contribution in [0.4, 0.5) is 5.69 Å². The van der Waals surface area contributed by atoms with Gasteiger partial charge in [-0.2, -0.15) is 5.10 Å². The standard InChI is InChI=1S/C30H21ClN2O/c31-24-17-10-18-25(19-24)33-30(23-15-8-3-9-16-23)26(21-11-4-1-5-12-21)20-27(34)28(30)29(32-33)22-13-6-2-7-14-22/h1-20,28H. The highest BCUT2D eigenvalue weighted by Gasteiger charge is 2.61. The van der Waals surface area contributed by atoms with E-state index in [9.17, 15) is 4.79 Å². The molecular weight excluding hydrogens is 440 g/mol. The number of rotatable bonds is 4. The second kappa shape index (κ2) is 8.12. The first-order chi connectivity index (χ1) is 16.7. The highest BCUT2D eigenvalue weighted by Crippen LogP contribution is 2.57. The first-order valence-electron chi connectivity index (χ1n) is 11.3. The van der Waals surface area contributed by atoms with Crippen LogP contribution in [0.25, 0.3) is 5.57 Å². The summed E-state index contributed by atoms with van der Waals surface area (Å²) < 4.78 is 0. The lowest BCUT2D eigenvalue weighted by Gasteiger charge is -2.40. The molecule has 0 amide bonds. The van der Waals surface area contributed by atoms with E-state index >= 15 is 0 Å². The lowest BCUT2D eigenvalue weighted by atomic mass is 9.71. The second-order valence-corrected chi connectivity index (χ2v) is 8.97. The van der Waals surface area contributed by atoms with Crippen molar-refractivity contribution in [3.05, 3.63) is 143 Å². The largest absolute Gasteiger partial charge is 0.294 e. The normalized spacial score (nSPS) is 21.3. The first kappa shape index (κ1) is 20.6. The Kier molecular flexibility index (Phi) is 4.93. The van der Waals surface area contributed by atoms with Crippen molar-refractivity contribution < 1.29 is 4.79 Å². The molecular formula is C30H21ClN2O. The smallest absolute Gasteiger partial charge is 0.168 e. The van der Waals surface area contributed by atoms with Crippen molar-refractivity contribution >= 4 is 34.4 Å². The molecule has 0 radical (unpaired) electrons. The number of carbonyl (C=O) groups is 1. The van der Waals surface area contributed by atoms with E-state index in [1.165, 1.54) is 0 Å². The summed E-state index contributed by atoms with van der Waals surface area (Å²) in [5, 5.41) is 7.78. The summed E-state index contributed by atoms with van der Waals surface area (Å²) in [5.41, 5.74) is 4.64. The predicted octanol–water partition coefficient (Wildman–Crippen LogP) is 6.74. The molecule has 164 valence electrons. The zero-order chi connectivity index (χ0) is 23.1. The maximum Gasteiger partial charge on any atom is 0.168 e. The average molecular weight is 461 g/mol. The van der Waals surface area contributed by atoms with Gasteiger partial charge in [0.1, 0.15) is 11.5 Å². The van der Waals surface area contributed by atoms with E-state index in [1.54, 1.807) is 0 Å². The van der Waals surface area contributed by atoms with Crippen molar-refractivity contribution in [3.8, 4) is 0 Å². The van der Waals surface area contributed by atoms with Crippen molar-refractivity contribution in [3.63, 3.8) is 0 Å². The molecule has 4 aromatic rings. The zero-order valence-electron chi connectivity index (χ0n) is 18.3. The molecule has 0 spiro atoms. The highest BCUT2D eigenvalue weighted by molar-refractivity contribution is 6.31. The van der Waals surface area contributed by atoms with Gasteiger partial charge in [0.15, 0.2) is 5.78 Å². The Bertz CT molecular complexity index is 1430. The highest BCUT2D eigenvalue weighted by atomic mass is 35.5. The first-order valence-corrected chi connectivity index (χ1v) is 11.6. The SMILES string of the molecule is O=C1C=C(c2ccccc2)C2(c3ccccc3)C1C(c1ccccc1)=NN2c1cccc(Cl)c1. The fourth-order valence-corrected chi connectivity index (χ4v) is 5.46. The molecule has 1 heterocycles. The van der Waals surface area contributed by atoms with Gasteiger partial charge in [-0.1, -0.05) is 109 Å². The van der Waals surface area contributed by atoms with Crippen molar-refractivity contribution in [2.45, 2.75) is 5.54 Å². The van der Waals surface area contributed by atoms with Crippen LogP contribution >= 0.6 is 11.6 Å². The number of fused-ring (bicyclic) bond motifs is 1. The maximum atomic E-state index is 13.8. The van der Waals surface area contributed by atoms with E-state index in [1.807, 2.05) is 102 Å². The number of hydrogen-bond acceptors (Lipinski definition) is 3. The average Bonchev–Trinajstić information content (AvgIpc) is 3.40. The van der Waals surface area contributed by atoms with Crippen molar-refractivity contribution in [2.24, 2.45) is 11.0 Å². The number of nitrogens with zero attached hydrogens (tertiary/aromatic N) is 2. The van der Waals surface area contributed by atoms with Gasteiger partial charge in [0.05, 0.1) is 11.4 Å². The van der Waals surface area contributed by atoms with E-state index in [2.05, 4.69) is 24.3 Å². The van der Waals surface area contributed by atoms with Gasteiger partial charge in [0.25, 0.3) is 0 Å². The molecule has 0 aromatic heterocycles. The molecule has 4 heteroatoms. The molecule has 2 aliphatic rings. The molecule has 2 unspecified atom stereocenters. The van der Waals surface area contributed by atoms with E-state index < -0.39 is 11.5 Å². The Balaban J connectivity index is 1.69. The summed E-state index contributed by atoms with van der Waals surface area (Å²) in [6, 6.07) is 38.0. The third kappa shape index (κ3) is 3.05. The van der Waals surface area contributed by atoms with Crippen LogP contribution < -0.4 is 5.01 Å². The summed E-state index contributed by atoms with van der Waals surface area (Å²) in [7, 11) is 0. The van der Waals surface area contributed by atoms with Crippen LogP contribution in [-0.2, 0) is 10.3 Å². The number of hydrazone groups is 1. The number of benzene rings is 4. The second-order valence-electron chi connectivity index (χ2n) is 8.53. The predicted molar refractivity (Wildman–Crippen MR) is 138 cm³/mol. The molecule has 1 aliphatic carbocycles. The zero-order valence-corrected chi connectivity index (χ0v) is 19.1. The topological polar surface area (TPSA) is 32.7 Å². The van der Waals surface area contributed by atoms with Crippen molar-refractivity contribution in [1.29, 1.82) is 0 Å². The number of hydrogen-bond donors (Lipinski definition) is 0. The van der Waals surface area contributed by atoms with Gasteiger partial charge in [0.2, 0.25) is 0 Å². The molecule has 34 heavy (non-hydrogen) atoms. The van der Waals surface area contributed by atoms with Crippen LogP contribution in [0.15, 0.2) is 126 Å². The van der Waals surface area contributed by atoms with E-state index in [0.29, 0.717) is 5.02 Å². The quantitative estimate of drug-likeness (QED) is 0.337. The van der Waals surface area contributed by atoms with E-state index in [-0.39, 0.29) is 5.78 Å². The van der Waals surface area contributed by atoms with Crippen molar-refractivity contribution in [2.75, 3.05) is 5.01 Å². The molecule has 3 nitrogen and oxygen atoms in total. The molecule has 2 atom stereocenters. The summed E-state index contributed by atoms with van der Waals surface area (Å²) >= 11 is 6.44. The molecule has 0 saturated carbocycles. The number of allylic oxidation sites excluding steroid dienone is 1. The summed E-state index contributed by atoms with van der Waals surface area (Å²) in [4.78, 5) is 13.8. The lowest BCUT2D eigenvalue weighted by molar-refractivity contribution is -0.116. The van der Waals surface area contributed by atoms with Gasteiger partial charge >= 0.3 is 0 Å². The molecule has 0 bridgehead atoms. The van der Waals surface area contributed by atoms with E-state index in [0.717, 1.165) is 33.7 Å². The van der Waals surface area contributed by atoms with Crippen LogP contribution in [0.1, 0.15) is 16.7 Å². The van der Waals surface area contributed by atoms with Gasteiger partial charge in [-0.25, -0.2) is 5.01 Å². The fraction of sp³-hybridized carbons (Fsp3) is 0.0667. The van der Waals surface area contributed by atoms with Crippen LogP contribution in [0, 0.1) is 5.92 Å². The van der Waals surface area contributed by atoms with Gasteiger partial charge in [0, 0.05) is 5.02 Å². The number of anilines is 1. The molecule has 0 N–H and O–H groups in total. The Morgan fingerprint density at radius 2 is 1.35 bits per heavy atom. The van der Waals surface area contributed by atoms with Gasteiger partial charge in [-0.3, -0.25) is 4.79 Å². The molecule has 0 fully saturated rings. The third-order valence-corrected chi connectivity index (χ3v) is 6.87. The lowest BCUT2D eigenvalue weighted by Crippen LogP contribution is -2.46. The Morgan fingerprint density at radius 3 is 2.00 bits per heavy atom. The van der Waals surface area contributed by atoms with Crippen LogP contribution in [0.3, 0.4) is 0 Å². The monoisotopic (exact) mass is 460 g/mol. The Morgan fingerprint density at radius 1 is 0.735 bits per heavy atom. The Hall–Kier alpha value is -3.95. The van der Waals surface area contributed by atoms with Crippen LogP contribution in [-0.4, -0.2) is 11.5 Å². The summed E-state index contributed by atoms with van der Waals surface area (Å²) in [5.74, 6) is -0.443. The Labute approximate surface area is 203 Å². The van der Waals surface area contributed by atoms with Gasteiger partial charge < -0.3 is 0 Å². The summed E-state index contributed by atoms with van der Waals surface area (Å²) in [6.07, 6.45) is 1.81. The van der Waals surface area contributed by atoms with Gasteiger partial charge in [-0.15, -0.1) is 0 Å². The van der Waals surface area contributed by atoms with Gasteiger partial charge in [-0.05, 0) is 46.5 Å². The molecule has 4 aromatic carbocycles. The van der Waals surface area contributed by atoms with E-state index in [4.69, 9.17) is 16.7 Å². The number of halogens is 1. The molecule has 0 saturated heterocycles. The fourth-order valence-electron chi connectivity index (χ4n) is 5.27. The maximum absolute atomic E-state index is 13.8. The van der Waals surface area contributed by atoms with Crippen LogP contribution in [0.5, 0.6) is 0 Å². The third-order valence-electron chi connectivity index (χ3n) is 6.64. The minimum Gasteiger partial charge on any atom is -0.294 e. The minimum atomic E-state index is -0.838.